The molecule has 1 aromatic heterocycles. The maximum absolute atomic E-state index is 12.8. The van der Waals surface area contributed by atoms with Crippen molar-refractivity contribution >= 4 is 5.91 Å². The molecule has 1 aliphatic heterocycles. The van der Waals surface area contributed by atoms with E-state index in [1.165, 1.54) is 5.56 Å². The molecule has 1 atom stereocenters. The molecule has 0 aliphatic carbocycles. The van der Waals surface area contributed by atoms with Gasteiger partial charge in [-0.15, -0.1) is 0 Å². The summed E-state index contributed by atoms with van der Waals surface area (Å²) >= 11 is 0. The molecule has 0 radical (unpaired) electrons. The van der Waals surface area contributed by atoms with Crippen molar-refractivity contribution in [1.82, 2.24) is 19.8 Å². The highest BCUT2D eigenvalue weighted by atomic mass is 16.5. The number of carbonyl (C=O) groups excluding carboxylic acids is 1. The van der Waals surface area contributed by atoms with E-state index in [0.717, 1.165) is 44.2 Å². The summed E-state index contributed by atoms with van der Waals surface area (Å²) in [5, 5.41) is 0. The Hall–Kier alpha value is -2.47. The predicted molar refractivity (Wildman–Crippen MR) is 109 cm³/mol. The quantitative estimate of drug-likeness (QED) is 0.769. The Morgan fingerprint density at radius 2 is 1.75 bits per heavy atom. The van der Waals surface area contributed by atoms with Gasteiger partial charge in [-0.1, -0.05) is 44.2 Å². The third-order valence-corrected chi connectivity index (χ3v) is 4.94. The first-order valence-corrected chi connectivity index (χ1v) is 9.99. The molecule has 0 bridgehead atoms. The van der Waals surface area contributed by atoms with E-state index in [-0.39, 0.29) is 11.8 Å². The van der Waals surface area contributed by atoms with Gasteiger partial charge in [0.15, 0.2) is 6.10 Å². The number of nitrogens with zero attached hydrogens (tertiary/aromatic N) is 4. The molecule has 1 aromatic carbocycles. The second kappa shape index (κ2) is 9.15. The van der Waals surface area contributed by atoms with Crippen LogP contribution >= 0.6 is 0 Å². The standard InChI is InChI=1S/C22H30N4O2/c1-16(2)21-23-17(3)14-20(24-21)28-18(4)22(27)26-12-10-25(11-13-26)15-19-8-6-5-7-9-19/h5-9,14,16,18H,10-13,15H2,1-4H3. The minimum absolute atomic E-state index is 0.0155. The van der Waals surface area contributed by atoms with Crippen LogP contribution in [0.5, 0.6) is 5.88 Å². The summed E-state index contributed by atoms with van der Waals surface area (Å²) in [5.41, 5.74) is 2.15. The van der Waals surface area contributed by atoms with Crippen molar-refractivity contribution in [3.63, 3.8) is 0 Å². The molecule has 6 nitrogen and oxygen atoms in total. The maximum atomic E-state index is 12.8. The second-order valence-corrected chi connectivity index (χ2v) is 7.71. The topological polar surface area (TPSA) is 58.6 Å². The summed E-state index contributed by atoms with van der Waals surface area (Å²) in [6, 6.07) is 12.2. The summed E-state index contributed by atoms with van der Waals surface area (Å²) in [6.07, 6.45) is -0.560. The van der Waals surface area contributed by atoms with Crippen molar-refractivity contribution < 1.29 is 9.53 Å². The van der Waals surface area contributed by atoms with Gasteiger partial charge in [-0.25, -0.2) is 4.98 Å². The van der Waals surface area contributed by atoms with Crippen LogP contribution in [0.1, 0.15) is 43.8 Å². The number of hydrogen-bond acceptors (Lipinski definition) is 5. The molecule has 1 amide bonds. The Kier molecular flexibility index (Phi) is 6.62. The first-order chi connectivity index (χ1) is 13.4. The van der Waals surface area contributed by atoms with Crippen LogP contribution in [0.2, 0.25) is 0 Å². The highest BCUT2D eigenvalue weighted by molar-refractivity contribution is 5.81. The number of aromatic nitrogens is 2. The van der Waals surface area contributed by atoms with Gasteiger partial charge in [0.1, 0.15) is 5.82 Å². The van der Waals surface area contributed by atoms with E-state index in [1.807, 2.05) is 31.7 Å². The van der Waals surface area contributed by atoms with E-state index >= 15 is 0 Å². The monoisotopic (exact) mass is 382 g/mol. The Balaban J connectivity index is 1.53. The van der Waals surface area contributed by atoms with Gasteiger partial charge in [0.2, 0.25) is 5.88 Å². The Labute approximate surface area is 167 Å². The molecule has 3 rings (SSSR count). The van der Waals surface area contributed by atoms with Gasteiger partial charge in [0, 0.05) is 50.4 Å². The second-order valence-electron chi connectivity index (χ2n) is 7.71. The van der Waals surface area contributed by atoms with E-state index in [0.29, 0.717) is 5.88 Å². The van der Waals surface area contributed by atoms with Gasteiger partial charge < -0.3 is 9.64 Å². The average molecular weight is 383 g/mol. The fourth-order valence-electron chi connectivity index (χ4n) is 3.34. The average Bonchev–Trinajstić information content (AvgIpc) is 2.68. The normalized spacial score (nSPS) is 16.2. The van der Waals surface area contributed by atoms with Gasteiger partial charge >= 0.3 is 0 Å². The van der Waals surface area contributed by atoms with Gasteiger partial charge in [0.05, 0.1) is 0 Å². The van der Waals surface area contributed by atoms with Crippen LogP contribution in [0, 0.1) is 6.92 Å². The molecule has 150 valence electrons. The molecular weight excluding hydrogens is 352 g/mol. The van der Waals surface area contributed by atoms with E-state index in [4.69, 9.17) is 4.74 Å². The highest BCUT2D eigenvalue weighted by Crippen LogP contribution is 2.17. The summed E-state index contributed by atoms with van der Waals surface area (Å²) in [7, 11) is 0. The molecule has 1 fully saturated rings. The van der Waals surface area contributed by atoms with Gasteiger partial charge in [-0.3, -0.25) is 9.69 Å². The zero-order valence-corrected chi connectivity index (χ0v) is 17.3. The number of carbonyl (C=O) groups is 1. The number of aryl methyl sites for hydroxylation is 1. The lowest BCUT2D eigenvalue weighted by atomic mass is 10.2. The van der Waals surface area contributed by atoms with Crippen molar-refractivity contribution in [3.8, 4) is 5.88 Å². The number of piperazine rings is 1. The van der Waals surface area contributed by atoms with Crippen LogP contribution in [0.4, 0.5) is 0 Å². The number of ether oxygens (including phenoxy) is 1. The lowest BCUT2D eigenvalue weighted by molar-refractivity contribution is -0.139. The van der Waals surface area contributed by atoms with Crippen LogP contribution in [0.25, 0.3) is 0 Å². The number of rotatable bonds is 6. The van der Waals surface area contributed by atoms with Crippen LogP contribution in [0.15, 0.2) is 36.4 Å². The SMILES string of the molecule is Cc1cc(OC(C)C(=O)N2CCN(Cc3ccccc3)CC2)nc(C(C)C)n1. The number of benzene rings is 1. The summed E-state index contributed by atoms with van der Waals surface area (Å²) < 4.78 is 5.87. The van der Waals surface area contributed by atoms with Gasteiger partial charge in [-0.2, -0.15) is 4.98 Å². The summed E-state index contributed by atoms with van der Waals surface area (Å²) in [5.74, 6) is 1.44. The zero-order chi connectivity index (χ0) is 20.1. The van der Waals surface area contributed by atoms with Crippen molar-refractivity contribution in [2.24, 2.45) is 0 Å². The molecule has 1 unspecified atom stereocenters. The van der Waals surface area contributed by atoms with Crippen LogP contribution in [0.3, 0.4) is 0 Å². The van der Waals surface area contributed by atoms with Crippen molar-refractivity contribution in [1.29, 1.82) is 0 Å². The molecule has 2 aromatic rings. The van der Waals surface area contributed by atoms with Crippen LogP contribution < -0.4 is 4.74 Å². The van der Waals surface area contributed by atoms with Gasteiger partial charge in [0.25, 0.3) is 5.91 Å². The summed E-state index contributed by atoms with van der Waals surface area (Å²) in [4.78, 5) is 26.0. The number of amides is 1. The Bertz CT molecular complexity index is 786. The predicted octanol–water partition coefficient (Wildman–Crippen LogP) is 3.02. The van der Waals surface area contributed by atoms with E-state index in [9.17, 15) is 4.79 Å². The first-order valence-electron chi connectivity index (χ1n) is 9.99. The fourth-order valence-corrected chi connectivity index (χ4v) is 3.34. The molecular formula is C22H30N4O2. The lowest BCUT2D eigenvalue weighted by Gasteiger charge is -2.35. The van der Waals surface area contributed by atoms with Crippen LogP contribution in [-0.2, 0) is 11.3 Å². The molecule has 1 saturated heterocycles. The molecule has 6 heteroatoms. The third-order valence-electron chi connectivity index (χ3n) is 4.94. The highest BCUT2D eigenvalue weighted by Gasteiger charge is 2.26. The lowest BCUT2D eigenvalue weighted by Crippen LogP contribution is -2.51. The molecule has 0 spiro atoms. The Morgan fingerprint density at radius 1 is 1.07 bits per heavy atom. The van der Waals surface area contributed by atoms with E-state index < -0.39 is 6.10 Å². The van der Waals surface area contributed by atoms with Gasteiger partial charge in [-0.05, 0) is 19.4 Å². The molecule has 2 heterocycles. The first kappa shape index (κ1) is 20.3. The third kappa shape index (κ3) is 5.29. The molecule has 0 N–H and O–H groups in total. The fraction of sp³-hybridized carbons (Fsp3) is 0.500. The molecule has 28 heavy (non-hydrogen) atoms. The zero-order valence-electron chi connectivity index (χ0n) is 17.3. The van der Waals surface area contributed by atoms with Crippen molar-refractivity contribution in [2.75, 3.05) is 26.2 Å². The largest absolute Gasteiger partial charge is 0.464 e. The Morgan fingerprint density at radius 3 is 2.39 bits per heavy atom. The minimum atomic E-state index is -0.560. The smallest absolute Gasteiger partial charge is 0.263 e. The van der Waals surface area contributed by atoms with Crippen molar-refractivity contribution in [2.45, 2.75) is 46.3 Å². The van der Waals surface area contributed by atoms with Crippen molar-refractivity contribution in [3.05, 3.63) is 53.5 Å². The minimum Gasteiger partial charge on any atom is -0.464 e. The van der Waals surface area contributed by atoms with E-state index in [1.54, 1.807) is 13.0 Å². The summed E-state index contributed by atoms with van der Waals surface area (Å²) in [6.45, 7) is 11.9. The number of hydrogen-bond donors (Lipinski definition) is 0. The van der Waals surface area contributed by atoms with E-state index in [2.05, 4.69) is 39.1 Å². The maximum Gasteiger partial charge on any atom is 0.263 e. The molecule has 1 aliphatic rings. The van der Waals surface area contributed by atoms with Crippen LogP contribution in [-0.4, -0.2) is 58.0 Å². The molecule has 0 saturated carbocycles.